The van der Waals surface area contributed by atoms with E-state index in [4.69, 9.17) is 8.83 Å². The molecular weight excluding hydrogens is 300 g/mol. The van der Waals surface area contributed by atoms with Crippen LogP contribution in [-0.2, 0) is 11.3 Å². The van der Waals surface area contributed by atoms with Crippen molar-refractivity contribution in [1.29, 1.82) is 0 Å². The standard InChI is InChI=1S/C16H20N2O5/c1-9-5-6-14(22-9)10(2)18-16(20)17-8-12-7-13(11(3)23-12)15(19)21-4/h5-7,10H,8H2,1-4H3,(H2,17,18,20)/t10-/m0/s1. The van der Waals surface area contributed by atoms with E-state index in [1.54, 1.807) is 13.0 Å². The summed E-state index contributed by atoms with van der Waals surface area (Å²) in [6.07, 6.45) is 0. The molecule has 2 rings (SSSR count). The fraction of sp³-hybridized carbons (Fsp3) is 0.375. The summed E-state index contributed by atoms with van der Waals surface area (Å²) in [7, 11) is 1.30. The molecule has 0 aliphatic carbocycles. The number of rotatable bonds is 5. The van der Waals surface area contributed by atoms with E-state index in [9.17, 15) is 9.59 Å². The number of esters is 1. The van der Waals surface area contributed by atoms with Crippen molar-refractivity contribution in [3.05, 3.63) is 46.8 Å². The first-order chi connectivity index (χ1) is 10.9. The van der Waals surface area contributed by atoms with Crippen molar-refractivity contribution in [3.8, 4) is 0 Å². The molecule has 7 heteroatoms. The summed E-state index contributed by atoms with van der Waals surface area (Å²) in [5.74, 6) is 1.92. The van der Waals surface area contributed by atoms with Gasteiger partial charge in [0.1, 0.15) is 28.6 Å². The van der Waals surface area contributed by atoms with Crippen molar-refractivity contribution in [1.82, 2.24) is 10.6 Å². The number of hydrogen-bond acceptors (Lipinski definition) is 5. The van der Waals surface area contributed by atoms with Crippen LogP contribution >= 0.6 is 0 Å². The van der Waals surface area contributed by atoms with Crippen LogP contribution in [0.25, 0.3) is 0 Å². The van der Waals surface area contributed by atoms with E-state index in [0.717, 1.165) is 5.76 Å². The Bertz CT molecular complexity index is 701. The summed E-state index contributed by atoms with van der Waals surface area (Å²) in [6, 6.07) is 4.60. The van der Waals surface area contributed by atoms with Gasteiger partial charge >= 0.3 is 12.0 Å². The third kappa shape index (κ3) is 4.15. The van der Waals surface area contributed by atoms with Crippen molar-refractivity contribution in [3.63, 3.8) is 0 Å². The van der Waals surface area contributed by atoms with E-state index in [2.05, 4.69) is 15.4 Å². The van der Waals surface area contributed by atoms with E-state index in [1.807, 2.05) is 26.0 Å². The molecule has 7 nitrogen and oxygen atoms in total. The second-order valence-corrected chi connectivity index (χ2v) is 5.17. The summed E-state index contributed by atoms with van der Waals surface area (Å²) in [6.45, 7) is 5.49. The molecule has 2 aromatic heterocycles. The highest BCUT2D eigenvalue weighted by Crippen LogP contribution is 2.16. The van der Waals surface area contributed by atoms with Crippen LogP contribution in [0.4, 0.5) is 4.79 Å². The van der Waals surface area contributed by atoms with Crippen LogP contribution in [-0.4, -0.2) is 19.1 Å². The van der Waals surface area contributed by atoms with Crippen molar-refractivity contribution in [2.45, 2.75) is 33.4 Å². The van der Waals surface area contributed by atoms with Crippen LogP contribution in [0.1, 0.15) is 46.4 Å². The molecule has 0 saturated carbocycles. The first kappa shape index (κ1) is 16.7. The number of methoxy groups -OCH3 is 1. The highest BCUT2D eigenvalue weighted by atomic mass is 16.5. The van der Waals surface area contributed by atoms with Crippen molar-refractivity contribution >= 4 is 12.0 Å². The van der Waals surface area contributed by atoms with Crippen LogP contribution < -0.4 is 10.6 Å². The van der Waals surface area contributed by atoms with Gasteiger partial charge in [-0.3, -0.25) is 0 Å². The fourth-order valence-corrected chi connectivity index (χ4v) is 2.12. The van der Waals surface area contributed by atoms with Gasteiger partial charge in [0.2, 0.25) is 0 Å². The summed E-state index contributed by atoms with van der Waals surface area (Å²) in [4.78, 5) is 23.4. The first-order valence-corrected chi connectivity index (χ1v) is 7.19. The van der Waals surface area contributed by atoms with Crippen LogP contribution in [0, 0.1) is 13.8 Å². The molecule has 2 aromatic rings. The molecule has 2 N–H and O–H groups in total. The molecule has 0 aliphatic heterocycles. The summed E-state index contributed by atoms with van der Waals surface area (Å²) >= 11 is 0. The van der Waals surface area contributed by atoms with Crippen LogP contribution in [0.15, 0.2) is 27.0 Å². The van der Waals surface area contributed by atoms with E-state index in [0.29, 0.717) is 22.8 Å². The Morgan fingerprint density at radius 3 is 2.61 bits per heavy atom. The molecule has 0 aliphatic rings. The minimum absolute atomic E-state index is 0.160. The number of amides is 2. The Balaban J connectivity index is 1.88. The number of nitrogens with one attached hydrogen (secondary N) is 2. The number of hydrogen-bond donors (Lipinski definition) is 2. The predicted octanol–water partition coefficient (Wildman–Crippen LogP) is 2.84. The van der Waals surface area contributed by atoms with Gasteiger partial charge in [0.15, 0.2) is 0 Å². The van der Waals surface area contributed by atoms with Crippen LogP contribution in [0.2, 0.25) is 0 Å². The third-order valence-electron chi connectivity index (χ3n) is 3.33. The summed E-state index contributed by atoms with van der Waals surface area (Å²) in [5.41, 5.74) is 0.351. The zero-order chi connectivity index (χ0) is 17.0. The number of carbonyl (C=O) groups is 2. The Morgan fingerprint density at radius 2 is 2.00 bits per heavy atom. The SMILES string of the molecule is COC(=O)c1cc(CNC(=O)N[C@@H](C)c2ccc(C)o2)oc1C. The highest BCUT2D eigenvalue weighted by Gasteiger charge is 2.16. The Kier molecular flexibility index (Phi) is 5.10. The van der Waals surface area contributed by atoms with Gasteiger partial charge in [0.25, 0.3) is 0 Å². The average Bonchev–Trinajstić information content (AvgIpc) is 3.10. The van der Waals surface area contributed by atoms with Crippen molar-refractivity contribution in [2.24, 2.45) is 0 Å². The van der Waals surface area contributed by atoms with E-state index in [-0.39, 0.29) is 18.6 Å². The fourth-order valence-electron chi connectivity index (χ4n) is 2.12. The molecule has 0 saturated heterocycles. The largest absolute Gasteiger partial charge is 0.465 e. The van der Waals surface area contributed by atoms with Gasteiger partial charge in [-0.25, -0.2) is 9.59 Å². The Morgan fingerprint density at radius 1 is 1.26 bits per heavy atom. The zero-order valence-corrected chi connectivity index (χ0v) is 13.6. The van der Waals surface area contributed by atoms with Crippen molar-refractivity contribution in [2.75, 3.05) is 7.11 Å². The maximum absolute atomic E-state index is 11.9. The lowest BCUT2D eigenvalue weighted by molar-refractivity contribution is 0.0598. The summed E-state index contributed by atoms with van der Waals surface area (Å²) in [5, 5.41) is 5.42. The molecule has 0 radical (unpaired) electrons. The summed E-state index contributed by atoms with van der Waals surface area (Å²) < 4.78 is 15.5. The topological polar surface area (TPSA) is 93.7 Å². The predicted molar refractivity (Wildman–Crippen MR) is 82.0 cm³/mol. The minimum Gasteiger partial charge on any atom is -0.465 e. The minimum atomic E-state index is -0.469. The lowest BCUT2D eigenvalue weighted by Gasteiger charge is -2.12. The Labute approximate surface area is 134 Å². The Hall–Kier alpha value is -2.70. The molecule has 0 unspecified atom stereocenters. The second-order valence-electron chi connectivity index (χ2n) is 5.17. The van der Waals surface area contributed by atoms with Crippen LogP contribution in [0.3, 0.4) is 0 Å². The van der Waals surface area contributed by atoms with Gasteiger partial charge < -0.3 is 24.2 Å². The second kappa shape index (κ2) is 7.04. The molecule has 0 bridgehead atoms. The van der Waals surface area contributed by atoms with Gasteiger partial charge in [-0.05, 0) is 39.0 Å². The van der Waals surface area contributed by atoms with Crippen LogP contribution in [0.5, 0.6) is 0 Å². The average molecular weight is 320 g/mol. The maximum Gasteiger partial charge on any atom is 0.341 e. The lowest BCUT2D eigenvalue weighted by atomic mass is 10.2. The zero-order valence-electron chi connectivity index (χ0n) is 13.6. The van der Waals surface area contributed by atoms with E-state index in [1.165, 1.54) is 7.11 Å². The van der Waals surface area contributed by atoms with E-state index >= 15 is 0 Å². The lowest BCUT2D eigenvalue weighted by Crippen LogP contribution is -2.36. The highest BCUT2D eigenvalue weighted by molar-refractivity contribution is 5.90. The molecule has 0 aromatic carbocycles. The number of urea groups is 1. The van der Waals surface area contributed by atoms with Crippen molar-refractivity contribution < 1.29 is 23.2 Å². The molecule has 124 valence electrons. The van der Waals surface area contributed by atoms with E-state index < -0.39 is 5.97 Å². The van der Waals surface area contributed by atoms with Gasteiger partial charge in [0, 0.05) is 0 Å². The third-order valence-corrected chi connectivity index (χ3v) is 3.33. The molecule has 2 amide bonds. The normalized spacial score (nSPS) is 11.8. The number of ether oxygens (including phenoxy) is 1. The van der Waals surface area contributed by atoms with Gasteiger partial charge in [-0.15, -0.1) is 0 Å². The van der Waals surface area contributed by atoms with Gasteiger partial charge in [-0.1, -0.05) is 0 Å². The number of aryl methyl sites for hydroxylation is 2. The molecule has 1 atom stereocenters. The van der Waals surface area contributed by atoms with Gasteiger partial charge in [0.05, 0.1) is 19.7 Å². The molecule has 23 heavy (non-hydrogen) atoms. The smallest absolute Gasteiger partial charge is 0.341 e. The first-order valence-electron chi connectivity index (χ1n) is 7.19. The molecule has 0 spiro atoms. The van der Waals surface area contributed by atoms with Gasteiger partial charge in [-0.2, -0.15) is 0 Å². The number of furan rings is 2. The molecular formula is C16H20N2O5. The molecule has 0 fully saturated rings. The quantitative estimate of drug-likeness (QED) is 0.826. The maximum atomic E-state index is 11.9. The number of carbonyl (C=O) groups excluding carboxylic acids is 2. The molecule has 2 heterocycles. The monoisotopic (exact) mass is 320 g/mol.